The van der Waals surface area contributed by atoms with Crippen molar-refractivity contribution in [3.8, 4) is 0 Å². The van der Waals surface area contributed by atoms with Crippen LogP contribution < -0.4 is 4.98 Å². The maximum atomic E-state index is 3.94. The molecule has 0 aliphatic rings. The second kappa shape index (κ2) is 11.8. The molecule has 0 heterocycles. The molecule has 0 aliphatic heterocycles. The number of hydrogen-bond acceptors (Lipinski definition) is 2. The molecule has 0 aromatic heterocycles. The minimum atomic E-state index is -0.137. The highest BCUT2D eigenvalue weighted by Gasteiger charge is 2.21. The summed E-state index contributed by atoms with van der Waals surface area (Å²) in [5.74, 6) is 0. The van der Waals surface area contributed by atoms with Crippen LogP contribution in [-0.4, -0.2) is 39.8 Å². The fraction of sp³-hybridized carbons (Fsp3) is 1.00. The Balaban J connectivity index is 4.25. The normalized spacial score (nSPS) is 13.2. The maximum absolute atomic E-state index is 3.94. The molecule has 3 heteroatoms. The van der Waals surface area contributed by atoms with Gasteiger partial charge in [0, 0.05) is 12.1 Å². The summed E-state index contributed by atoms with van der Waals surface area (Å²) < 4.78 is 0. The molecule has 0 aliphatic carbocycles. The van der Waals surface area contributed by atoms with E-state index in [2.05, 4.69) is 51.4 Å². The zero-order chi connectivity index (χ0) is 15.4. The van der Waals surface area contributed by atoms with Crippen molar-refractivity contribution in [1.82, 2.24) is 9.88 Å². The Labute approximate surface area is 131 Å². The van der Waals surface area contributed by atoms with Crippen LogP contribution >= 0.6 is 0 Å². The first-order chi connectivity index (χ1) is 9.49. The number of nitrogens with zero attached hydrogens (tertiary/aromatic N) is 1. The Morgan fingerprint density at radius 1 is 0.950 bits per heavy atom. The summed E-state index contributed by atoms with van der Waals surface area (Å²) in [7, 11) is -0.137. The smallest absolute Gasteiger partial charge is 0.0953 e. The minimum absolute atomic E-state index is 0.137. The Bertz CT molecular complexity index is 207. The third-order valence-electron chi connectivity index (χ3n) is 4.30. The van der Waals surface area contributed by atoms with Gasteiger partial charge in [-0.15, -0.1) is 0 Å². The highest BCUT2D eigenvalue weighted by molar-refractivity contribution is 6.34. The highest BCUT2D eigenvalue weighted by Crippen LogP contribution is 2.14. The molecule has 0 aromatic rings. The van der Waals surface area contributed by atoms with Crippen LogP contribution in [0.2, 0.25) is 5.54 Å². The molecule has 0 saturated heterocycles. The number of rotatable bonds is 13. The minimum Gasteiger partial charge on any atom is -0.336 e. The maximum Gasteiger partial charge on any atom is 0.0953 e. The van der Waals surface area contributed by atoms with Crippen molar-refractivity contribution >= 4 is 9.68 Å². The third kappa shape index (κ3) is 9.95. The van der Waals surface area contributed by atoms with Gasteiger partial charge >= 0.3 is 0 Å². The van der Waals surface area contributed by atoms with Gasteiger partial charge in [0.05, 0.1) is 9.68 Å². The molecule has 2 nitrogen and oxygen atoms in total. The number of hydrogen-bond donors (Lipinski definition) is 1. The van der Waals surface area contributed by atoms with Crippen LogP contribution in [0, 0.1) is 0 Å². The van der Waals surface area contributed by atoms with Gasteiger partial charge in [-0.05, 0) is 45.3 Å². The van der Waals surface area contributed by atoms with Gasteiger partial charge in [0.15, 0.2) is 0 Å². The average Bonchev–Trinajstić information content (AvgIpc) is 2.42. The molecule has 0 unspecified atom stereocenters. The number of unbranched alkanes of at least 4 members (excludes halogenated alkanes) is 2. The molecular weight excluding hydrogens is 260 g/mol. The van der Waals surface area contributed by atoms with E-state index in [4.69, 9.17) is 0 Å². The van der Waals surface area contributed by atoms with E-state index in [0.717, 1.165) is 5.54 Å². The lowest BCUT2D eigenvalue weighted by atomic mass is 10.1. The Morgan fingerprint density at radius 2 is 1.45 bits per heavy atom. The summed E-state index contributed by atoms with van der Waals surface area (Å²) in [5, 5.41) is 0. The van der Waals surface area contributed by atoms with Crippen LogP contribution in [0.25, 0.3) is 0 Å². The van der Waals surface area contributed by atoms with Crippen LogP contribution in [0.15, 0.2) is 0 Å². The van der Waals surface area contributed by atoms with E-state index in [9.17, 15) is 0 Å². The number of nitrogens with one attached hydrogen (secondary N) is 1. The average molecular weight is 301 g/mol. The van der Waals surface area contributed by atoms with E-state index >= 15 is 0 Å². The Hall–Kier alpha value is 0.137. The molecular formula is C17H40N2Si. The summed E-state index contributed by atoms with van der Waals surface area (Å²) in [6.07, 6.45) is 7.98. The van der Waals surface area contributed by atoms with Gasteiger partial charge in [-0.2, -0.15) is 0 Å². The largest absolute Gasteiger partial charge is 0.336 e. The predicted octanol–water partition coefficient (Wildman–Crippen LogP) is 3.95. The second-order valence-electron chi connectivity index (χ2n) is 6.93. The van der Waals surface area contributed by atoms with Crippen LogP contribution in [-0.2, 0) is 0 Å². The van der Waals surface area contributed by atoms with Gasteiger partial charge in [0.1, 0.15) is 0 Å². The van der Waals surface area contributed by atoms with Gasteiger partial charge in [-0.25, -0.2) is 0 Å². The van der Waals surface area contributed by atoms with Crippen LogP contribution in [0.5, 0.6) is 0 Å². The fourth-order valence-corrected chi connectivity index (χ4v) is 4.18. The topological polar surface area (TPSA) is 15.3 Å². The van der Waals surface area contributed by atoms with Gasteiger partial charge in [0.25, 0.3) is 0 Å². The Morgan fingerprint density at radius 3 is 1.85 bits per heavy atom. The van der Waals surface area contributed by atoms with Gasteiger partial charge < -0.3 is 9.88 Å². The first-order valence-electron chi connectivity index (χ1n) is 8.96. The summed E-state index contributed by atoms with van der Waals surface area (Å²) >= 11 is 0. The Kier molecular flexibility index (Phi) is 11.8. The van der Waals surface area contributed by atoms with Gasteiger partial charge in [-0.3, -0.25) is 0 Å². The molecule has 0 amide bonds. The first-order valence-corrected chi connectivity index (χ1v) is 10.5. The fourth-order valence-electron chi connectivity index (χ4n) is 2.65. The molecule has 0 atom stereocenters. The van der Waals surface area contributed by atoms with Crippen molar-refractivity contribution in [2.45, 2.75) is 91.1 Å². The zero-order valence-electron chi connectivity index (χ0n) is 15.1. The van der Waals surface area contributed by atoms with E-state index in [0.29, 0.717) is 0 Å². The third-order valence-corrected chi connectivity index (χ3v) is 7.19. The molecule has 0 saturated carbocycles. The van der Waals surface area contributed by atoms with Crippen molar-refractivity contribution < 1.29 is 0 Å². The van der Waals surface area contributed by atoms with E-state index in [1.165, 1.54) is 58.2 Å². The molecule has 122 valence electrons. The summed E-state index contributed by atoms with van der Waals surface area (Å²) in [6, 6.07) is 0. The molecule has 0 aromatic carbocycles. The van der Waals surface area contributed by atoms with Crippen molar-refractivity contribution in [3.05, 3.63) is 0 Å². The summed E-state index contributed by atoms with van der Waals surface area (Å²) in [6.45, 7) is 17.8. The van der Waals surface area contributed by atoms with Crippen LogP contribution in [0.3, 0.4) is 0 Å². The van der Waals surface area contributed by atoms with E-state index < -0.39 is 0 Å². The molecule has 0 spiro atoms. The van der Waals surface area contributed by atoms with E-state index in [-0.39, 0.29) is 15.2 Å². The van der Waals surface area contributed by atoms with Gasteiger partial charge in [-0.1, -0.05) is 53.4 Å². The van der Waals surface area contributed by atoms with Crippen LogP contribution in [0.1, 0.15) is 80.1 Å². The SMILES string of the molecule is CCCCN(CCCC)CC(C)(C)N[SiH2]C(CC)CC. The van der Waals surface area contributed by atoms with Crippen molar-refractivity contribution in [1.29, 1.82) is 0 Å². The van der Waals surface area contributed by atoms with Crippen LogP contribution in [0.4, 0.5) is 0 Å². The molecule has 20 heavy (non-hydrogen) atoms. The lowest BCUT2D eigenvalue weighted by Crippen LogP contribution is -2.51. The highest BCUT2D eigenvalue weighted by atomic mass is 28.2. The summed E-state index contributed by atoms with van der Waals surface area (Å²) in [5.41, 5.74) is 1.25. The lowest BCUT2D eigenvalue weighted by molar-refractivity contribution is 0.210. The second-order valence-corrected chi connectivity index (χ2v) is 8.85. The zero-order valence-corrected chi connectivity index (χ0v) is 16.5. The first kappa shape index (κ1) is 20.1. The van der Waals surface area contributed by atoms with Crippen molar-refractivity contribution in [2.24, 2.45) is 0 Å². The standard InChI is InChI=1S/C17H40N2Si/c1-7-11-13-19(14-12-8-2)15-17(5,6)18-20-16(9-3)10-4/h16,18H,7-15,20H2,1-6H3. The van der Waals surface area contributed by atoms with E-state index in [1.54, 1.807) is 0 Å². The summed E-state index contributed by atoms with van der Waals surface area (Å²) in [4.78, 5) is 6.62. The quantitative estimate of drug-likeness (QED) is 0.518. The molecule has 1 N–H and O–H groups in total. The molecule has 0 bridgehead atoms. The van der Waals surface area contributed by atoms with Crippen molar-refractivity contribution in [3.63, 3.8) is 0 Å². The predicted molar refractivity (Wildman–Crippen MR) is 96.3 cm³/mol. The lowest BCUT2D eigenvalue weighted by Gasteiger charge is -2.35. The molecule has 0 fully saturated rings. The van der Waals surface area contributed by atoms with Crippen molar-refractivity contribution in [2.75, 3.05) is 19.6 Å². The molecule has 0 radical (unpaired) electrons. The van der Waals surface area contributed by atoms with E-state index in [1.807, 2.05) is 0 Å². The van der Waals surface area contributed by atoms with Gasteiger partial charge in [0.2, 0.25) is 0 Å². The monoisotopic (exact) mass is 300 g/mol. The molecule has 0 rings (SSSR count).